The van der Waals surface area contributed by atoms with E-state index in [0.717, 1.165) is 0 Å². The summed E-state index contributed by atoms with van der Waals surface area (Å²) < 4.78 is 38.3. The third kappa shape index (κ3) is 4.75. The van der Waals surface area contributed by atoms with Crippen LogP contribution in [0.3, 0.4) is 0 Å². The second-order valence-corrected chi connectivity index (χ2v) is 9.40. The van der Waals surface area contributed by atoms with Crippen LogP contribution in [0.1, 0.15) is 21.6 Å². The van der Waals surface area contributed by atoms with Gasteiger partial charge in [-0.15, -0.1) is 0 Å². The first-order chi connectivity index (χ1) is 18.3. The number of ether oxygens (including phenoxy) is 1. The predicted octanol–water partition coefficient (Wildman–Crippen LogP) is 4.12. The third-order valence-electron chi connectivity index (χ3n) is 6.59. The van der Waals surface area contributed by atoms with Crippen LogP contribution in [0, 0.1) is 11.6 Å². The van der Waals surface area contributed by atoms with Gasteiger partial charge in [0.2, 0.25) is 0 Å². The number of aliphatic hydroxyl groups is 1. The Labute approximate surface area is 222 Å². The third-order valence-corrected chi connectivity index (χ3v) is 6.88. The molecule has 9 nitrogen and oxygen atoms in total. The molecule has 0 bridgehead atoms. The van der Waals surface area contributed by atoms with Gasteiger partial charge in [0.1, 0.15) is 17.3 Å². The number of aliphatic hydroxyl groups excluding tert-OH is 1. The minimum atomic E-state index is -0.674. The summed E-state index contributed by atoms with van der Waals surface area (Å²) in [6, 6.07) is 6.95. The number of fused-ring (bicyclic) bond motifs is 1. The van der Waals surface area contributed by atoms with E-state index in [4.69, 9.17) is 16.3 Å². The molecule has 2 N–H and O–H groups in total. The average molecular weight is 543 g/mol. The van der Waals surface area contributed by atoms with Crippen LogP contribution in [0.2, 0.25) is 5.02 Å². The van der Waals surface area contributed by atoms with Gasteiger partial charge in [-0.3, -0.25) is 9.48 Å². The van der Waals surface area contributed by atoms with Crippen molar-refractivity contribution in [2.75, 3.05) is 19.0 Å². The summed E-state index contributed by atoms with van der Waals surface area (Å²) in [7, 11) is 3.24. The Morgan fingerprint density at radius 3 is 2.76 bits per heavy atom. The predicted molar refractivity (Wildman–Crippen MR) is 137 cm³/mol. The molecule has 38 heavy (non-hydrogen) atoms. The molecule has 4 aromatic rings. The van der Waals surface area contributed by atoms with Gasteiger partial charge in [0, 0.05) is 56.8 Å². The number of anilines is 2. The zero-order chi connectivity index (χ0) is 27.0. The molecule has 1 aromatic carbocycles. The first kappa shape index (κ1) is 25.8. The molecule has 5 rings (SSSR count). The normalized spacial score (nSPS) is 15.2. The van der Waals surface area contributed by atoms with Crippen molar-refractivity contribution in [3.8, 4) is 11.1 Å². The molecule has 0 fully saturated rings. The molecule has 1 aliphatic rings. The lowest BCUT2D eigenvalue weighted by atomic mass is 10.0. The number of carbonyl (C=O) groups excluding carboxylic acids is 1. The van der Waals surface area contributed by atoms with Crippen LogP contribution in [0.15, 0.2) is 48.9 Å². The van der Waals surface area contributed by atoms with E-state index in [1.165, 1.54) is 36.2 Å². The van der Waals surface area contributed by atoms with Crippen LogP contribution >= 0.6 is 11.6 Å². The van der Waals surface area contributed by atoms with Crippen molar-refractivity contribution in [1.29, 1.82) is 0 Å². The van der Waals surface area contributed by atoms with E-state index in [0.29, 0.717) is 34.7 Å². The average Bonchev–Trinajstić information content (AvgIpc) is 3.49. The SMILES string of the molecule is COCC1Cn2cc(-c3c(Cl)cnc(Nc4ccnn4C)c3F)cc2C(=O)N1Cc1cc(F)ccc1CO. The van der Waals surface area contributed by atoms with Crippen molar-refractivity contribution in [2.24, 2.45) is 7.05 Å². The number of aromatic nitrogens is 4. The summed E-state index contributed by atoms with van der Waals surface area (Å²) in [5.41, 5.74) is 1.85. The first-order valence-electron chi connectivity index (χ1n) is 11.8. The Hall–Kier alpha value is -3.80. The molecule has 3 aromatic heterocycles. The number of benzene rings is 1. The molecule has 0 aliphatic carbocycles. The number of rotatable bonds is 8. The Bertz CT molecular complexity index is 1500. The molecular formula is C26H25ClF2N6O3. The van der Waals surface area contributed by atoms with Gasteiger partial charge < -0.3 is 24.6 Å². The molecule has 1 unspecified atom stereocenters. The van der Waals surface area contributed by atoms with Crippen LogP contribution < -0.4 is 5.32 Å². The summed E-state index contributed by atoms with van der Waals surface area (Å²) in [4.78, 5) is 19.3. The fraction of sp³-hybridized carbons (Fsp3) is 0.269. The van der Waals surface area contributed by atoms with Crippen molar-refractivity contribution in [2.45, 2.75) is 25.7 Å². The minimum absolute atomic E-state index is 0.0370. The van der Waals surface area contributed by atoms with Crippen LogP contribution in [0.5, 0.6) is 0 Å². The van der Waals surface area contributed by atoms with E-state index in [1.807, 2.05) is 0 Å². The smallest absolute Gasteiger partial charge is 0.271 e. The highest BCUT2D eigenvalue weighted by Crippen LogP contribution is 2.36. The number of carbonyl (C=O) groups is 1. The molecule has 198 valence electrons. The van der Waals surface area contributed by atoms with Crippen molar-refractivity contribution < 1.29 is 23.4 Å². The minimum Gasteiger partial charge on any atom is -0.392 e. The van der Waals surface area contributed by atoms with Crippen LogP contribution in [-0.4, -0.2) is 55.0 Å². The lowest BCUT2D eigenvalue weighted by Gasteiger charge is -2.36. The van der Waals surface area contributed by atoms with Gasteiger partial charge in [-0.2, -0.15) is 5.10 Å². The zero-order valence-corrected chi connectivity index (χ0v) is 21.4. The lowest BCUT2D eigenvalue weighted by Crippen LogP contribution is -2.49. The monoisotopic (exact) mass is 542 g/mol. The maximum absolute atomic E-state index is 15.7. The van der Waals surface area contributed by atoms with Crippen molar-refractivity contribution in [1.82, 2.24) is 24.2 Å². The summed E-state index contributed by atoms with van der Waals surface area (Å²) in [5.74, 6) is -0.976. The van der Waals surface area contributed by atoms with Gasteiger partial charge in [-0.05, 0) is 29.3 Å². The molecule has 1 atom stereocenters. The second-order valence-electron chi connectivity index (χ2n) is 8.99. The molecule has 0 saturated carbocycles. The van der Waals surface area contributed by atoms with E-state index >= 15 is 4.39 Å². The standard InChI is InChI=1S/C26H25ClF2N6O3/c1-33-22(5-6-31-33)32-25-24(29)23(20(27)9-30-25)17-8-21-26(37)35(19(14-38-2)12-34(21)10-17)11-16-7-18(28)4-3-15(16)13-36/h3-10,19,36H,11-14H2,1-2H3,(H,30,32). The molecule has 1 aliphatic heterocycles. The number of nitrogens with one attached hydrogen (secondary N) is 1. The number of methoxy groups -OCH3 is 1. The number of aryl methyl sites for hydroxylation is 1. The van der Waals surface area contributed by atoms with Gasteiger partial charge in [0.25, 0.3) is 5.91 Å². The number of amides is 1. The largest absolute Gasteiger partial charge is 0.392 e. The van der Waals surface area contributed by atoms with Gasteiger partial charge >= 0.3 is 0 Å². The van der Waals surface area contributed by atoms with Gasteiger partial charge in [0.05, 0.1) is 30.5 Å². The van der Waals surface area contributed by atoms with Crippen LogP contribution in [0.25, 0.3) is 11.1 Å². The fourth-order valence-corrected chi connectivity index (χ4v) is 4.91. The topological polar surface area (TPSA) is 97.4 Å². The van der Waals surface area contributed by atoms with E-state index in [2.05, 4.69) is 15.4 Å². The summed E-state index contributed by atoms with van der Waals surface area (Å²) in [6.45, 7) is 0.376. The number of hydrogen-bond acceptors (Lipinski definition) is 6. The summed E-state index contributed by atoms with van der Waals surface area (Å²) in [6.07, 6.45) is 4.59. The van der Waals surface area contributed by atoms with Gasteiger partial charge in [-0.1, -0.05) is 17.7 Å². The van der Waals surface area contributed by atoms with Gasteiger partial charge in [0.15, 0.2) is 11.6 Å². The van der Waals surface area contributed by atoms with Crippen molar-refractivity contribution in [3.05, 3.63) is 82.4 Å². The molecule has 0 radical (unpaired) electrons. The van der Waals surface area contributed by atoms with E-state index in [1.54, 1.807) is 41.0 Å². The van der Waals surface area contributed by atoms with E-state index in [9.17, 15) is 14.3 Å². The summed E-state index contributed by atoms with van der Waals surface area (Å²) >= 11 is 6.38. The van der Waals surface area contributed by atoms with Crippen molar-refractivity contribution in [3.63, 3.8) is 0 Å². The highest BCUT2D eigenvalue weighted by atomic mass is 35.5. The maximum Gasteiger partial charge on any atom is 0.271 e. The Kier molecular flexibility index (Phi) is 7.15. The Morgan fingerprint density at radius 2 is 2.05 bits per heavy atom. The molecule has 0 saturated heterocycles. The molecule has 1 amide bonds. The highest BCUT2D eigenvalue weighted by Gasteiger charge is 2.34. The molecule has 4 heterocycles. The fourth-order valence-electron chi connectivity index (χ4n) is 4.67. The molecular weight excluding hydrogens is 518 g/mol. The number of pyridine rings is 1. The maximum atomic E-state index is 15.7. The first-order valence-corrected chi connectivity index (χ1v) is 12.2. The molecule has 12 heteroatoms. The molecule has 0 spiro atoms. The second kappa shape index (κ2) is 10.5. The van der Waals surface area contributed by atoms with Crippen LogP contribution in [-0.2, 0) is 31.5 Å². The Balaban J connectivity index is 1.51. The Morgan fingerprint density at radius 1 is 1.24 bits per heavy atom. The number of nitrogens with zero attached hydrogens (tertiary/aromatic N) is 5. The van der Waals surface area contributed by atoms with E-state index in [-0.39, 0.29) is 48.1 Å². The lowest BCUT2D eigenvalue weighted by molar-refractivity contribution is 0.0386. The van der Waals surface area contributed by atoms with Gasteiger partial charge in [-0.25, -0.2) is 13.8 Å². The summed E-state index contributed by atoms with van der Waals surface area (Å²) in [5, 5.41) is 16.8. The quantitative estimate of drug-likeness (QED) is 0.348. The number of hydrogen-bond donors (Lipinski definition) is 2. The van der Waals surface area contributed by atoms with E-state index < -0.39 is 11.6 Å². The number of halogens is 3. The van der Waals surface area contributed by atoms with Crippen LogP contribution in [0.4, 0.5) is 20.4 Å². The highest BCUT2D eigenvalue weighted by molar-refractivity contribution is 6.33. The van der Waals surface area contributed by atoms with Crippen molar-refractivity contribution >= 4 is 29.1 Å². The zero-order valence-electron chi connectivity index (χ0n) is 20.7.